The summed E-state index contributed by atoms with van der Waals surface area (Å²) >= 11 is 0. The fraction of sp³-hybridized carbons (Fsp3) is 0.302. The first-order valence-electron chi connectivity index (χ1n) is 23.4. The number of hydrogen-bond acceptors (Lipinski definition) is 13. The summed E-state index contributed by atoms with van der Waals surface area (Å²) in [4.78, 5) is 43.1. The van der Waals surface area contributed by atoms with E-state index in [1.165, 1.54) is 15.5 Å². The van der Waals surface area contributed by atoms with Gasteiger partial charge in [-0.15, -0.1) is 0 Å². The van der Waals surface area contributed by atoms with E-state index in [1.54, 1.807) is 81.2 Å². The van der Waals surface area contributed by atoms with Crippen LogP contribution in [0.4, 0.5) is 22.1 Å². The molecule has 2 aliphatic heterocycles. The monoisotopic (exact) mass is 1010 g/mol. The van der Waals surface area contributed by atoms with E-state index in [9.17, 15) is 18.0 Å². The number of nitrogens with one attached hydrogen (secondary N) is 1. The Hall–Kier alpha value is -7.00. The van der Waals surface area contributed by atoms with Crippen molar-refractivity contribution < 1.29 is 46.1 Å². The Morgan fingerprint density at radius 2 is 1.33 bits per heavy atom. The number of ether oxygens (including phenoxy) is 5. The number of rotatable bonds is 17. The van der Waals surface area contributed by atoms with Gasteiger partial charge in [-0.05, 0) is 84.9 Å². The molecule has 2 amide bonds. The normalized spacial score (nSPS) is 19.1. The highest BCUT2D eigenvalue weighted by molar-refractivity contribution is 7.88. The molecule has 19 heteroatoms. The van der Waals surface area contributed by atoms with Crippen LogP contribution in [-0.4, -0.2) is 104 Å². The predicted molar refractivity (Wildman–Crippen MR) is 275 cm³/mol. The van der Waals surface area contributed by atoms with Gasteiger partial charge in [0.2, 0.25) is 21.9 Å². The molecule has 0 unspecified atom stereocenters. The van der Waals surface area contributed by atoms with Gasteiger partial charge in [0.1, 0.15) is 22.7 Å². The number of carbonyl (C=O) groups excluding carboxylic acids is 2. The maximum atomic E-state index is 14.4. The average Bonchev–Trinajstić information content (AvgIpc) is 4.03. The van der Waals surface area contributed by atoms with Gasteiger partial charge in [-0.1, -0.05) is 105 Å². The summed E-state index contributed by atoms with van der Waals surface area (Å²) in [6.07, 6.45) is -0.256. The summed E-state index contributed by atoms with van der Waals surface area (Å²) in [5, 5.41) is 2.75. The van der Waals surface area contributed by atoms with Crippen LogP contribution in [0.5, 0.6) is 17.4 Å². The van der Waals surface area contributed by atoms with Gasteiger partial charge in [-0.25, -0.2) is 23.1 Å². The molecule has 0 spiro atoms. The standard InChI is InChI=1S/C53H57N7O10SSi/c1-35(2)47(61)56-50-55-46-43(48(57-50)68-51(62)60(39-20-14-10-15-21-39)40-22-16-11-17-23-40)54-34-58(46)49-44-45(70-72(6,7)8)52(69-49,32-59(44)71(5,63)64)33-67-53(36-18-12-9-13-19-36,37-24-28-41(65-3)29-25-37)38-26-30-42(66-4)31-27-38/h9-31,34-35,44-45,49H,32-33H2,1-8H3,(H,55,56,57,61)/t44-,45+,49-,52-/m1/s1. The zero-order chi connectivity index (χ0) is 51.0. The number of nitrogens with zero attached hydrogens (tertiary/aromatic N) is 6. The van der Waals surface area contributed by atoms with Crippen molar-refractivity contribution in [2.24, 2.45) is 5.92 Å². The maximum Gasteiger partial charge on any atom is 0.425 e. The Morgan fingerprint density at radius 3 is 1.83 bits per heavy atom. The third-order valence-electron chi connectivity index (χ3n) is 12.7. The van der Waals surface area contributed by atoms with Crippen molar-refractivity contribution in [1.29, 1.82) is 0 Å². The first-order valence-corrected chi connectivity index (χ1v) is 28.7. The Balaban J connectivity index is 1.19. The molecule has 0 saturated carbocycles. The number of methoxy groups -OCH3 is 2. The van der Waals surface area contributed by atoms with Crippen molar-refractivity contribution in [2.45, 2.75) is 63.1 Å². The van der Waals surface area contributed by atoms with Crippen LogP contribution in [0.15, 0.2) is 146 Å². The number of para-hydroxylation sites is 2. The molecule has 17 nitrogen and oxygen atoms in total. The van der Waals surface area contributed by atoms with Crippen molar-refractivity contribution in [3.63, 3.8) is 0 Å². The molecule has 5 aromatic carbocycles. The summed E-state index contributed by atoms with van der Waals surface area (Å²) in [6, 6.07) is 42.0. The van der Waals surface area contributed by atoms with Crippen LogP contribution < -0.4 is 24.4 Å². The summed E-state index contributed by atoms with van der Waals surface area (Å²) < 4.78 is 70.4. The molecule has 0 aliphatic carbocycles. The number of hydrogen-bond donors (Lipinski definition) is 1. The fourth-order valence-corrected chi connectivity index (χ4v) is 11.5. The molecule has 2 fully saturated rings. The third-order valence-corrected chi connectivity index (χ3v) is 14.8. The van der Waals surface area contributed by atoms with E-state index in [0.29, 0.717) is 22.9 Å². The Morgan fingerprint density at radius 1 is 0.806 bits per heavy atom. The molecule has 374 valence electrons. The highest BCUT2D eigenvalue weighted by Gasteiger charge is 2.68. The average molecular weight is 1010 g/mol. The first kappa shape index (κ1) is 50.0. The number of aromatic nitrogens is 4. The van der Waals surface area contributed by atoms with E-state index in [2.05, 4.69) is 10.3 Å². The SMILES string of the molecule is COc1ccc(C(OC[C@@]23CN(S(C)(=O)=O)[C@@H]([C@H](n4cnc5c(OC(=O)N(c6ccccc6)c6ccccc6)nc(NC(=O)C(C)C)nc54)O2)[C@@H]3O[Si](C)(C)C)(c2ccccc2)c2ccc(OC)cc2)cc1. The molecule has 2 aromatic heterocycles. The minimum absolute atomic E-state index is 0.0410. The minimum atomic E-state index is -3.98. The maximum absolute atomic E-state index is 14.4. The van der Waals surface area contributed by atoms with Crippen LogP contribution in [-0.2, 0) is 34.3 Å². The number of amides is 2. The zero-order valence-electron chi connectivity index (χ0n) is 41.3. The van der Waals surface area contributed by atoms with E-state index in [-0.39, 0.29) is 36.1 Å². The number of fused-ring (bicyclic) bond motifs is 3. The van der Waals surface area contributed by atoms with Gasteiger partial charge in [0.05, 0.1) is 56.9 Å². The molecule has 2 saturated heterocycles. The quantitative estimate of drug-likeness (QED) is 0.0674. The summed E-state index contributed by atoms with van der Waals surface area (Å²) in [7, 11) is -3.30. The molecule has 2 aliphatic rings. The molecule has 7 aromatic rings. The molecular formula is C53H57N7O10SSi. The number of morpholine rings is 1. The van der Waals surface area contributed by atoms with E-state index in [0.717, 1.165) is 22.9 Å². The largest absolute Gasteiger partial charge is 0.497 e. The molecular weight excluding hydrogens is 955 g/mol. The lowest BCUT2D eigenvalue weighted by Crippen LogP contribution is -2.52. The molecule has 2 bridgehead atoms. The second-order valence-corrected chi connectivity index (χ2v) is 25.4. The highest BCUT2D eigenvalue weighted by atomic mass is 32.2. The molecule has 0 radical (unpaired) electrons. The van der Waals surface area contributed by atoms with E-state index >= 15 is 0 Å². The van der Waals surface area contributed by atoms with Crippen molar-refractivity contribution in [3.8, 4) is 17.4 Å². The van der Waals surface area contributed by atoms with Gasteiger partial charge in [0.25, 0.3) is 5.88 Å². The Bertz CT molecular complexity index is 3080. The predicted octanol–water partition coefficient (Wildman–Crippen LogP) is 8.92. The van der Waals surface area contributed by atoms with Gasteiger partial charge in [-0.3, -0.25) is 14.7 Å². The molecule has 4 atom stereocenters. The van der Waals surface area contributed by atoms with Gasteiger partial charge >= 0.3 is 6.09 Å². The molecule has 4 heterocycles. The van der Waals surface area contributed by atoms with Crippen LogP contribution >= 0.6 is 0 Å². The van der Waals surface area contributed by atoms with Crippen LogP contribution in [0.2, 0.25) is 19.6 Å². The lowest BCUT2D eigenvalue weighted by molar-refractivity contribution is -0.168. The van der Waals surface area contributed by atoms with Gasteiger partial charge in [0, 0.05) is 12.5 Å². The summed E-state index contributed by atoms with van der Waals surface area (Å²) in [5.41, 5.74) is 0.719. The van der Waals surface area contributed by atoms with Crippen LogP contribution in [0.1, 0.15) is 36.8 Å². The first-order chi connectivity index (χ1) is 34.4. The highest BCUT2D eigenvalue weighted by Crippen LogP contribution is 2.53. The van der Waals surface area contributed by atoms with Crippen molar-refractivity contribution in [3.05, 3.63) is 163 Å². The second kappa shape index (κ2) is 19.9. The Kier molecular flexibility index (Phi) is 13.8. The summed E-state index contributed by atoms with van der Waals surface area (Å²) in [6.45, 7) is 9.22. The second-order valence-electron chi connectivity index (χ2n) is 19.0. The van der Waals surface area contributed by atoms with Gasteiger partial charge in [0.15, 0.2) is 25.7 Å². The molecule has 1 N–H and O–H groups in total. The number of benzene rings is 5. The third kappa shape index (κ3) is 9.70. The number of anilines is 3. The van der Waals surface area contributed by atoms with E-state index in [4.69, 9.17) is 38.1 Å². The Labute approximate surface area is 419 Å². The van der Waals surface area contributed by atoms with Crippen molar-refractivity contribution >= 4 is 58.8 Å². The number of imidazole rings is 1. The summed E-state index contributed by atoms with van der Waals surface area (Å²) in [5.74, 6) is -0.0207. The lowest BCUT2D eigenvalue weighted by atomic mass is 9.79. The van der Waals surface area contributed by atoms with Gasteiger partial charge < -0.3 is 28.1 Å². The molecule has 72 heavy (non-hydrogen) atoms. The van der Waals surface area contributed by atoms with Gasteiger partial charge in [-0.2, -0.15) is 14.3 Å². The molecule has 9 rings (SSSR count). The van der Waals surface area contributed by atoms with Crippen molar-refractivity contribution in [2.75, 3.05) is 43.8 Å². The topological polar surface area (TPSA) is 186 Å². The lowest BCUT2D eigenvalue weighted by Gasteiger charge is -2.41. The fourth-order valence-electron chi connectivity index (χ4n) is 9.31. The number of sulfonamides is 1. The smallest absolute Gasteiger partial charge is 0.425 e. The number of carbonyl (C=O) groups is 2. The van der Waals surface area contributed by atoms with Crippen LogP contribution in [0.3, 0.4) is 0 Å². The van der Waals surface area contributed by atoms with E-state index < -0.39 is 65.8 Å². The van der Waals surface area contributed by atoms with E-state index in [1.807, 2.05) is 111 Å². The van der Waals surface area contributed by atoms with Crippen molar-refractivity contribution in [1.82, 2.24) is 23.8 Å². The van der Waals surface area contributed by atoms with Crippen LogP contribution in [0.25, 0.3) is 11.2 Å². The van der Waals surface area contributed by atoms with Crippen LogP contribution in [0, 0.1) is 5.92 Å². The minimum Gasteiger partial charge on any atom is -0.497 e. The zero-order valence-corrected chi connectivity index (χ0v) is 43.1.